The maximum Gasteiger partial charge on any atom is 0.126 e. The van der Waals surface area contributed by atoms with Crippen LogP contribution in [0.5, 0.6) is 5.75 Å². The highest BCUT2D eigenvalue weighted by Crippen LogP contribution is 2.61. The molecule has 4 heteroatoms. The van der Waals surface area contributed by atoms with E-state index in [1.54, 1.807) is 0 Å². The molecule has 1 spiro atoms. The minimum Gasteiger partial charge on any atom is -0.485 e. The summed E-state index contributed by atoms with van der Waals surface area (Å²) in [7, 11) is 0. The second-order valence-corrected chi connectivity index (χ2v) is 16.2. The van der Waals surface area contributed by atoms with Crippen LogP contribution in [0.15, 0.2) is 188 Å². The lowest BCUT2D eigenvalue weighted by Gasteiger charge is -2.47. The van der Waals surface area contributed by atoms with Crippen molar-refractivity contribution in [3.63, 3.8) is 0 Å². The van der Waals surface area contributed by atoms with Gasteiger partial charge in [0.15, 0.2) is 0 Å². The fourth-order valence-corrected chi connectivity index (χ4v) is 10.5. The number of fused-ring (bicyclic) bond motifs is 15. The normalized spacial score (nSPS) is 16.5. The Hall–Kier alpha value is -7.69. The number of benzene rings is 7. The third-order valence-electron chi connectivity index (χ3n) is 13.1. The molecule has 0 saturated carbocycles. The summed E-state index contributed by atoms with van der Waals surface area (Å²) in [5.74, 6) is 0.885. The van der Waals surface area contributed by atoms with Gasteiger partial charge >= 0.3 is 0 Å². The molecule has 0 fully saturated rings. The molecule has 13 rings (SSSR count). The van der Waals surface area contributed by atoms with E-state index in [1.165, 1.54) is 27.8 Å². The third-order valence-corrected chi connectivity index (χ3v) is 13.1. The van der Waals surface area contributed by atoms with Crippen LogP contribution in [0.3, 0.4) is 0 Å². The van der Waals surface area contributed by atoms with Crippen molar-refractivity contribution in [1.82, 2.24) is 15.0 Å². The van der Waals surface area contributed by atoms with Crippen LogP contribution >= 0.6 is 0 Å². The number of nitrogens with zero attached hydrogens (tertiary/aromatic N) is 3. The Morgan fingerprint density at radius 3 is 1.68 bits per heavy atom. The van der Waals surface area contributed by atoms with Crippen LogP contribution in [0.25, 0.3) is 89.8 Å². The number of rotatable bonds is 3. The summed E-state index contributed by atoms with van der Waals surface area (Å²) < 4.78 is 7.12. The number of aromatic nitrogens is 3. The van der Waals surface area contributed by atoms with Gasteiger partial charge in [-0.2, -0.15) is 0 Å². The van der Waals surface area contributed by atoms with E-state index >= 15 is 0 Å². The molecule has 2 unspecified atom stereocenters. The highest BCUT2D eigenvalue weighted by atomic mass is 16.5. The highest BCUT2D eigenvalue weighted by molar-refractivity contribution is 6.04. The first-order valence-electron chi connectivity index (χ1n) is 20.7. The van der Waals surface area contributed by atoms with Gasteiger partial charge in [-0.15, -0.1) is 0 Å². The fraction of sp³-hybridized carbons (Fsp3) is 0.0536. The van der Waals surface area contributed by atoms with E-state index in [1.807, 2.05) is 6.07 Å². The molecule has 0 amide bonds. The quantitative estimate of drug-likeness (QED) is 0.168. The molecule has 0 bridgehead atoms. The first-order chi connectivity index (χ1) is 29.7. The number of hydrogen-bond acceptors (Lipinski definition) is 4. The standard InChI is InChI=1S/C56H35N3O/c1-3-13-34(14-4-1)48-28-25-36-23-24-37-26-29-49(58-55(37)54(36)57-48)38-27-30-50-42(31-38)41-33-52-47(32-43(41)53(59-50)35-15-5-2-6-16-35)56(46-21-11-12-22-51(46)60-52)44-19-9-7-17-39(44)40-18-8-10-20-45(40)56/h1-33,47,52H. The van der Waals surface area contributed by atoms with Gasteiger partial charge < -0.3 is 4.74 Å². The summed E-state index contributed by atoms with van der Waals surface area (Å²) in [6, 6.07) is 66.9. The SMILES string of the molecule is C1=c2c(-c3ccccc3)nc3ccc(-c4ccc5ccc6ccc(-c7ccccc7)nc6c5n4)cc3c2=CC2Oc3ccccc3C3(c4ccccc4-c4ccccc43)C12. The van der Waals surface area contributed by atoms with E-state index in [-0.39, 0.29) is 12.0 Å². The van der Waals surface area contributed by atoms with Crippen molar-refractivity contribution in [3.05, 3.63) is 215 Å². The second-order valence-electron chi connectivity index (χ2n) is 16.2. The van der Waals surface area contributed by atoms with Gasteiger partial charge in [0.25, 0.3) is 0 Å². The molecule has 4 heterocycles. The first kappa shape index (κ1) is 33.3. The van der Waals surface area contributed by atoms with Gasteiger partial charge in [0.05, 0.1) is 39.0 Å². The lowest BCUT2D eigenvalue weighted by Crippen LogP contribution is -2.51. The maximum atomic E-state index is 7.12. The highest BCUT2D eigenvalue weighted by Gasteiger charge is 2.56. The summed E-state index contributed by atoms with van der Waals surface area (Å²) in [5, 5.41) is 5.47. The van der Waals surface area contributed by atoms with Crippen LogP contribution in [0, 0.1) is 5.92 Å². The molecule has 2 aliphatic carbocycles. The Labute approximate surface area is 346 Å². The second kappa shape index (κ2) is 12.7. The number of ether oxygens (including phenoxy) is 1. The van der Waals surface area contributed by atoms with Crippen molar-refractivity contribution in [2.45, 2.75) is 11.5 Å². The Bertz CT molecular complexity index is 3500. The Balaban J connectivity index is 1.06. The zero-order valence-corrected chi connectivity index (χ0v) is 32.5. The molecule has 0 radical (unpaired) electrons. The number of para-hydroxylation sites is 1. The van der Waals surface area contributed by atoms with Gasteiger partial charge in [-0.3, -0.25) is 0 Å². The summed E-state index contributed by atoms with van der Waals surface area (Å²) in [6.45, 7) is 0. The molecule has 2 atom stereocenters. The molecule has 60 heavy (non-hydrogen) atoms. The van der Waals surface area contributed by atoms with Gasteiger partial charge in [0.2, 0.25) is 0 Å². The molecule has 10 aromatic rings. The summed E-state index contributed by atoms with van der Waals surface area (Å²) >= 11 is 0. The first-order valence-corrected chi connectivity index (χ1v) is 20.7. The van der Waals surface area contributed by atoms with E-state index in [9.17, 15) is 0 Å². The van der Waals surface area contributed by atoms with E-state index in [0.29, 0.717) is 0 Å². The van der Waals surface area contributed by atoms with Crippen molar-refractivity contribution < 1.29 is 4.74 Å². The van der Waals surface area contributed by atoms with Gasteiger partial charge in [-0.1, -0.05) is 164 Å². The van der Waals surface area contributed by atoms with Crippen LogP contribution < -0.4 is 15.2 Å². The van der Waals surface area contributed by atoms with Gasteiger partial charge in [-0.25, -0.2) is 15.0 Å². The van der Waals surface area contributed by atoms with Crippen LogP contribution in [0.4, 0.5) is 0 Å². The molecule has 0 saturated heterocycles. The Morgan fingerprint density at radius 2 is 1.00 bits per heavy atom. The number of hydrogen-bond donors (Lipinski definition) is 0. The summed E-state index contributed by atoms with van der Waals surface area (Å²) in [5.41, 5.74) is 14.7. The van der Waals surface area contributed by atoms with Crippen LogP contribution in [0.2, 0.25) is 0 Å². The van der Waals surface area contributed by atoms with Gasteiger partial charge in [0.1, 0.15) is 11.9 Å². The van der Waals surface area contributed by atoms with Crippen molar-refractivity contribution >= 4 is 44.9 Å². The van der Waals surface area contributed by atoms with E-state index < -0.39 is 5.41 Å². The summed E-state index contributed by atoms with van der Waals surface area (Å²) in [6.07, 6.45) is 4.64. The van der Waals surface area contributed by atoms with Crippen LogP contribution in [0.1, 0.15) is 16.7 Å². The monoisotopic (exact) mass is 765 g/mol. The van der Waals surface area contributed by atoms with Crippen LogP contribution in [-0.4, -0.2) is 21.1 Å². The largest absolute Gasteiger partial charge is 0.485 e. The predicted molar refractivity (Wildman–Crippen MR) is 243 cm³/mol. The zero-order chi connectivity index (χ0) is 39.4. The maximum absolute atomic E-state index is 7.12. The van der Waals surface area contributed by atoms with E-state index in [0.717, 1.165) is 82.7 Å². The summed E-state index contributed by atoms with van der Waals surface area (Å²) in [4.78, 5) is 16.0. The molecule has 4 nitrogen and oxygen atoms in total. The molecular formula is C56H35N3O. The molecule has 3 aliphatic rings. The lowest BCUT2D eigenvalue weighted by molar-refractivity contribution is 0.162. The number of pyridine rings is 3. The minimum absolute atomic E-state index is 0.0432. The molecule has 7 aromatic carbocycles. The molecular weight excluding hydrogens is 731 g/mol. The lowest BCUT2D eigenvalue weighted by atomic mass is 9.60. The Morgan fingerprint density at radius 1 is 0.433 bits per heavy atom. The van der Waals surface area contributed by atoms with Crippen molar-refractivity contribution in [3.8, 4) is 50.6 Å². The average molecular weight is 766 g/mol. The van der Waals surface area contributed by atoms with E-state index in [4.69, 9.17) is 19.7 Å². The molecule has 1 aliphatic heterocycles. The fourth-order valence-electron chi connectivity index (χ4n) is 10.5. The van der Waals surface area contributed by atoms with Crippen molar-refractivity contribution in [2.24, 2.45) is 5.92 Å². The average Bonchev–Trinajstić information content (AvgIpc) is 3.61. The topological polar surface area (TPSA) is 47.9 Å². The smallest absolute Gasteiger partial charge is 0.126 e. The minimum atomic E-state index is -0.460. The molecule has 0 N–H and O–H groups in total. The van der Waals surface area contributed by atoms with Crippen LogP contribution in [-0.2, 0) is 5.41 Å². The molecule has 3 aromatic heterocycles. The van der Waals surface area contributed by atoms with Gasteiger partial charge in [0, 0.05) is 49.5 Å². The van der Waals surface area contributed by atoms with Crippen molar-refractivity contribution in [1.29, 1.82) is 0 Å². The van der Waals surface area contributed by atoms with Crippen molar-refractivity contribution in [2.75, 3.05) is 0 Å². The van der Waals surface area contributed by atoms with E-state index in [2.05, 4.69) is 194 Å². The third kappa shape index (κ3) is 4.70. The predicted octanol–water partition coefficient (Wildman–Crippen LogP) is 11.3. The van der Waals surface area contributed by atoms with Gasteiger partial charge in [-0.05, 0) is 63.9 Å². The molecule has 280 valence electrons. The zero-order valence-electron chi connectivity index (χ0n) is 32.5. The Kier molecular flexibility index (Phi) is 7.02.